The van der Waals surface area contributed by atoms with Crippen LogP contribution in [0.3, 0.4) is 0 Å². The molecule has 0 unspecified atom stereocenters. The molecule has 0 radical (unpaired) electrons. The molecule has 1 heterocycles. The van der Waals surface area contributed by atoms with Crippen LogP contribution >= 0.6 is 0 Å². The summed E-state index contributed by atoms with van der Waals surface area (Å²) in [5.41, 5.74) is 0.527. The predicted molar refractivity (Wildman–Crippen MR) is 127 cm³/mol. The number of benzene rings is 3. The third kappa shape index (κ3) is 5.11. The Bertz CT molecular complexity index is 1250. The van der Waals surface area contributed by atoms with Gasteiger partial charge in [0, 0.05) is 32.2 Å². The summed E-state index contributed by atoms with van der Waals surface area (Å²) in [5.74, 6) is 0.946. The van der Waals surface area contributed by atoms with Gasteiger partial charge >= 0.3 is 0 Å². The Balaban J connectivity index is 1.37. The van der Waals surface area contributed by atoms with E-state index in [1.165, 1.54) is 11.4 Å². The number of ether oxygens (including phenoxy) is 2. The number of piperazine rings is 1. The van der Waals surface area contributed by atoms with Gasteiger partial charge in [-0.3, -0.25) is 9.69 Å². The minimum absolute atomic E-state index is 0.157. The predicted octanol–water partition coefficient (Wildman–Crippen LogP) is 2.80. The Kier molecular flexibility index (Phi) is 6.83. The van der Waals surface area contributed by atoms with Crippen LogP contribution in [-0.2, 0) is 14.8 Å². The van der Waals surface area contributed by atoms with E-state index in [-0.39, 0.29) is 17.3 Å². The molecule has 8 nitrogen and oxygen atoms in total. The van der Waals surface area contributed by atoms with Crippen molar-refractivity contribution in [1.29, 1.82) is 0 Å². The zero-order valence-corrected chi connectivity index (χ0v) is 19.5. The minimum atomic E-state index is -3.59. The van der Waals surface area contributed by atoms with Crippen LogP contribution in [0.25, 0.3) is 10.8 Å². The second-order valence-corrected chi connectivity index (χ2v) is 9.74. The van der Waals surface area contributed by atoms with Crippen LogP contribution in [-0.4, -0.2) is 70.5 Å². The van der Waals surface area contributed by atoms with Gasteiger partial charge in [-0.15, -0.1) is 0 Å². The molecule has 1 amide bonds. The van der Waals surface area contributed by atoms with Gasteiger partial charge < -0.3 is 14.8 Å². The van der Waals surface area contributed by atoms with Crippen molar-refractivity contribution >= 4 is 32.4 Å². The van der Waals surface area contributed by atoms with Gasteiger partial charge in [0.1, 0.15) is 11.5 Å². The van der Waals surface area contributed by atoms with Gasteiger partial charge in [-0.1, -0.05) is 30.3 Å². The fourth-order valence-electron chi connectivity index (χ4n) is 3.91. The van der Waals surface area contributed by atoms with Gasteiger partial charge in [-0.25, -0.2) is 8.42 Å². The van der Waals surface area contributed by atoms with Crippen LogP contribution in [0.5, 0.6) is 11.5 Å². The first kappa shape index (κ1) is 23.0. The second kappa shape index (κ2) is 9.78. The van der Waals surface area contributed by atoms with Crippen LogP contribution in [0.15, 0.2) is 65.6 Å². The van der Waals surface area contributed by atoms with E-state index in [1.54, 1.807) is 37.4 Å². The number of fused-ring (bicyclic) bond motifs is 1. The fourth-order valence-corrected chi connectivity index (χ4v) is 5.37. The monoisotopic (exact) mass is 469 g/mol. The molecule has 9 heteroatoms. The number of methoxy groups -OCH3 is 2. The molecule has 0 spiro atoms. The molecule has 0 aliphatic carbocycles. The summed E-state index contributed by atoms with van der Waals surface area (Å²) in [7, 11) is -0.506. The molecule has 1 aliphatic rings. The van der Waals surface area contributed by atoms with Crippen LogP contribution < -0.4 is 14.8 Å². The molecule has 1 saturated heterocycles. The smallest absolute Gasteiger partial charge is 0.243 e. The summed E-state index contributed by atoms with van der Waals surface area (Å²) in [4.78, 5) is 14.8. The molecule has 4 rings (SSSR count). The topological polar surface area (TPSA) is 88.2 Å². The van der Waals surface area contributed by atoms with E-state index in [2.05, 4.69) is 5.32 Å². The van der Waals surface area contributed by atoms with Crippen molar-refractivity contribution in [3.8, 4) is 11.5 Å². The third-order valence-corrected chi connectivity index (χ3v) is 7.63. The quantitative estimate of drug-likeness (QED) is 0.573. The van der Waals surface area contributed by atoms with E-state index in [1.807, 2.05) is 35.2 Å². The maximum absolute atomic E-state index is 13.1. The first-order chi connectivity index (χ1) is 15.9. The minimum Gasteiger partial charge on any atom is -0.497 e. The van der Waals surface area contributed by atoms with Gasteiger partial charge in [0.25, 0.3) is 0 Å². The lowest BCUT2D eigenvalue weighted by molar-refractivity contribution is -0.117. The summed E-state index contributed by atoms with van der Waals surface area (Å²) >= 11 is 0. The molecule has 3 aromatic rings. The lowest BCUT2D eigenvalue weighted by Gasteiger charge is -2.33. The molecule has 0 aromatic heterocycles. The fraction of sp³-hybridized carbons (Fsp3) is 0.292. The Morgan fingerprint density at radius 2 is 1.64 bits per heavy atom. The Morgan fingerprint density at radius 3 is 2.33 bits per heavy atom. The van der Waals surface area contributed by atoms with E-state index in [0.717, 1.165) is 10.8 Å². The van der Waals surface area contributed by atoms with E-state index in [4.69, 9.17) is 9.47 Å². The summed E-state index contributed by atoms with van der Waals surface area (Å²) in [6.45, 7) is 1.74. The number of carbonyl (C=O) groups excluding carboxylic acids is 1. The van der Waals surface area contributed by atoms with Crippen molar-refractivity contribution in [1.82, 2.24) is 9.21 Å². The standard InChI is InChI=1S/C24H27N3O5S/c1-31-20-8-10-23(32-2)22(16-20)25-24(28)17-26-11-13-27(14-12-26)33(29,30)21-9-7-18-5-3-4-6-19(18)15-21/h3-10,15-16H,11-14,17H2,1-2H3,(H,25,28). The first-order valence-electron chi connectivity index (χ1n) is 10.6. The normalized spacial score (nSPS) is 15.3. The van der Waals surface area contributed by atoms with Crippen LogP contribution in [0.1, 0.15) is 0 Å². The molecule has 1 N–H and O–H groups in total. The summed E-state index contributed by atoms with van der Waals surface area (Å²) in [6, 6.07) is 18.1. The molecule has 3 aromatic carbocycles. The van der Waals surface area contributed by atoms with Crippen molar-refractivity contribution in [2.75, 3.05) is 52.3 Å². The molecule has 0 bridgehead atoms. The SMILES string of the molecule is COc1ccc(OC)c(NC(=O)CN2CCN(S(=O)(=O)c3ccc4ccccc4c3)CC2)c1. The van der Waals surface area contributed by atoms with Crippen molar-refractivity contribution < 1.29 is 22.7 Å². The van der Waals surface area contributed by atoms with Crippen LogP contribution in [0.4, 0.5) is 5.69 Å². The maximum Gasteiger partial charge on any atom is 0.243 e. The molecular weight excluding hydrogens is 442 g/mol. The average Bonchev–Trinajstić information content (AvgIpc) is 2.84. The number of nitrogens with zero attached hydrogens (tertiary/aromatic N) is 2. The third-order valence-electron chi connectivity index (χ3n) is 5.74. The van der Waals surface area contributed by atoms with Crippen LogP contribution in [0.2, 0.25) is 0 Å². The van der Waals surface area contributed by atoms with Crippen molar-refractivity contribution in [2.24, 2.45) is 0 Å². The number of rotatable bonds is 7. The molecular formula is C24H27N3O5S. The summed E-state index contributed by atoms with van der Waals surface area (Å²) < 4.78 is 38.3. The molecule has 0 atom stereocenters. The Labute approximate surface area is 193 Å². The highest BCUT2D eigenvalue weighted by molar-refractivity contribution is 7.89. The zero-order chi connectivity index (χ0) is 23.4. The van der Waals surface area contributed by atoms with Gasteiger partial charge in [-0.2, -0.15) is 4.31 Å². The molecule has 1 aliphatic heterocycles. The largest absolute Gasteiger partial charge is 0.497 e. The van der Waals surface area contributed by atoms with E-state index in [9.17, 15) is 13.2 Å². The molecule has 33 heavy (non-hydrogen) atoms. The van der Waals surface area contributed by atoms with E-state index < -0.39 is 10.0 Å². The van der Waals surface area contributed by atoms with Crippen molar-refractivity contribution in [3.63, 3.8) is 0 Å². The van der Waals surface area contributed by atoms with Gasteiger partial charge in [-0.05, 0) is 35.0 Å². The number of sulfonamides is 1. The van der Waals surface area contributed by atoms with Gasteiger partial charge in [0.15, 0.2) is 0 Å². The lowest BCUT2D eigenvalue weighted by Crippen LogP contribution is -2.50. The van der Waals surface area contributed by atoms with Crippen LogP contribution in [0, 0.1) is 0 Å². The number of amides is 1. The molecule has 1 fully saturated rings. The van der Waals surface area contributed by atoms with Gasteiger partial charge in [0.05, 0.1) is 31.3 Å². The van der Waals surface area contributed by atoms with Crippen molar-refractivity contribution in [3.05, 3.63) is 60.7 Å². The zero-order valence-electron chi connectivity index (χ0n) is 18.7. The highest BCUT2D eigenvalue weighted by atomic mass is 32.2. The molecule has 174 valence electrons. The first-order valence-corrected chi connectivity index (χ1v) is 12.1. The highest BCUT2D eigenvalue weighted by Gasteiger charge is 2.29. The summed E-state index contributed by atoms with van der Waals surface area (Å²) in [5, 5.41) is 4.74. The number of hydrogen-bond donors (Lipinski definition) is 1. The van der Waals surface area contributed by atoms with E-state index in [0.29, 0.717) is 43.4 Å². The maximum atomic E-state index is 13.1. The second-order valence-electron chi connectivity index (χ2n) is 7.80. The number of carbonyl (C=O) groups is 1. The Morgan fingerprint density at radius 1 is 0.909 bits per heavy atom. The number of hydrogen-bond acceptors (Lipinski definition) is 6. The average molecular weight is 470 g/mol. The summed E-state index contributed by atoms with van der Waals surface area (Å²) in [6.07, 6.45) is 0. The molecule has 0 saturated carbocycles. The Hall–Kier alpha value is -3.14. The number of anilines is 1. The van der Waals surface area contributed by atoms with Crippen molar-refractivity contribution in [2.45, 2.75) is 4.90 Å². The number of nitrogens with one attached hydrogen (secondary N) is 1. The van der Waals surface area contributed by atoms with Gasteiger partial charge in [0.2, 0.25) is 15.9 Å². The lowest BCUT2D eigenvalue weighted by atomic mass is 10.1. The highest BCUT2D eigenvalue weighted by Crippen LogP contribution is 2.29. The van der Waals surface area contributed by atoms with E-state index >= 15 is 0 Å².